The second kappa shape index (κ2) is 5.77. The van der Waals surface area contributed by atoms with Crippen molar-refractivity contribution in [3.63, 3.8) is 0 Å². The normalized spacial score (nSPS) is 19.6. The molecule has 0 bridgehead atoms. The molecule has 0 spiro atoms. The number of hydrogen-bond donors (Lipinski definition) is 3. The molecular weight excluding hydrogens is 283 g/mol. The van der Waals surface area contributed by atoms with Gasteiger partial charge in [0.2, 0.25) is 0 Å². The molecule has 22 heavy (non-hydrogen) atoms. The van der Waals surface area contributed by atoms with Crippen LogP contribution in [0.3, 0.4) is 0 Å². The van der Waals surface area contributed by atoms with Crippen LogP contribution in [0, 0.1) is 12.7 Å². The van der Waals surface area contributed by atoms with Gasteiger partial charge in [0.1, 0.15) is 5.82 Å². The van der Waals surface area contributed by atoms with Gasteiger partial charge >= 0.3 is 6.03 Å². The third kappa shape index (κ3) is 2.80. The van der Waals surface area contributed by atoms with Gasteiger partial charge in [-0.2, -0.15) is 0 Å². The van der Waals surface area contributed by atoms with E-state index < -0.39 is 18.2 Å². The van der Waals surface area contributed by atoms with Gasteiger partial charge in [-0.15, -0.1) is 0 Å². The molecule has 2 amide bonds. The summed E-state index contributed by atoms with van der Waals surface area (Å²) in [5.41, 5.74) is 2.84. The van der Waals surface area contributed by atoms with E-state index in [2.05, 4.69) is 10.6 Å². The molecule has 2 aromatic rings. The van der Waals surface area contributed by atoms with E-state index in [0.717, 1.165) is 11.1 Å². The number of nitrogens with one attached hydrogen (secondary N) is 2. The van der Waals surface area contributed by atoms with Crippen molar-refractivity contribution in [1.29, 1.82) is 0 Å². The highest BCUT2D eigenvalue weighted by molar-refractivity contribution is 5.89. The standard InChI is InChI=1S/C17H17FN2O2/c1-10-6-7-12(9-14(10)18)19-17(22)20-16-13-5-3-2-4-11(13)8-15(16)21/h2-7,9,15-16,21H,8H2,1H3,(H2,19,20,22)/t15-,16+/m0/s1. The molecule has 2 aromatic carbocycles. The van der Waals surface area contributed by atoms with E-state index >= 15 is 0 Å². The molecule has 0 heterocycles. The minimum atomic E-state index is -0.655. The van der Waals surface area contributed by atoms with Gasteiger partial charge in [-0.05, 0) is 35.7 Å². The van der Waals surface area contributed by atoms with Crippen LogP contribution in [0.5, 0.6) is 0 Å². The average molecular weight is 300 g/mol. The summed E-state index contributed by atoms with van der Waals surface area (Å²) in [6.07, 6.45) is -0.141. The van der Waals surface area contributed by atoms with E-state index in [9.17, 15) is 14.3 Å². The predicted molar refractivity (Wildman–Crippen MR) is 82.2 cm³/mol. The van der Waals surface area contributed by atoms with Crippen molar-refractivity contribution in [2.75, 3.05) is 5.32 Å². The summed E-state index contributed by atoms with van der Waals surface area (Å²) in [4.78, 5) is 12.1. The lowest BCUT2D eigenvalue weighted by atomic mass is 10.1. The van der Waals surface area contributed by atoms with Gasteiger partial charge < -0.3 is 15.7 Å². The van der Waals surface area contributed by atoms with Crippen molar-refractivity contribution in [2.24, 2.45) is 0 Å². The van der Waals surface area contributed by atoms with Gasteiger partial charge in [0.05, 0.1) is 12.1 Å². The van der Waals surface area contributed by atoms with Gasteiger partial charge in [0, 0.05) is 12.1 Å². The first-order chi connectivity index (χ1) is 10.5. The molecule has 0 aromatic heterocycles. The molecule has 0 unspecified atom stereocenters. The molecule has 114 valence electrons. The number of urea groups is 1. The Morgan fingerprint density at radius 3 is 2.82 bits per heavy atom. The number of anilines is 1. The van der Waals surface area contributed by atoms with Crippen LogP contribution in [0.2, 0.25) is 0 Å². The van der Waals surface area contributed by atoms with Crippen LogP contribution in [0.25, 0.3) is 0 Å². The summed E-state index contributed by atoms with van der Waals surface area (Å²) in [6.45, 7) is 1.66. The molecule has 1 aliphatic carbocycles. The van der Waals surface area contributed by atoms with E-state index in [-0.39, 0.29) is 5.82 Å². The zero-order valence-corrected chi connectivity index (χ0v) is 12.1. The van der Waals surface area contributed by atoms with E-state index in [1.54, 1.807) is 19.1 Å². The Labute approximate surface area is 128 Å². The zero-order chi connectivity index (χ0) is 15.7. The SMILES string of the molecule is Cc1ccc(NC(=O)N[C@@H]2c3ccccc3C[C@@H]2O)cc1F. The zero-order valence-electron chi connectivity index (χ0n) is 12.1. The molecule has 0 saturated heterocycles. The lowest BCUT2D eigenvalue weighted by Gasteiger charge is -2.18. The van der Waals surface area contributed by atoms with Crippen LogP contribution in [-0.4, -0.2) is 17.2 Å². The summed E-state index contributed by atoms with van der Waals surface area (Å²) in [7, 11) is 0. The number of aryl methyl sites for hydroxylation is 1. The Morgan fingerprint density at radius 2 is 2.05 bits per heavy atom. The highest BCUT2D eigenvalue weighted by Gasteiger charge is 2.31. The van der Waals surface area contributed by atoms with Crippen molar-refractivity contribution in [1.82, 2.24) is 5.32 Å². The van der Waals surface area contributed by atoms with E-state index in [4.69, 9.17) is 0 Å². The van der Waals surface area contributed by atoms with E-state index in [1.165, 1.54) is 6.07 Å². The Bertz CT molecular complexity index is 718. The maximum absolute atomic E-state index is 13.5. The molecular formula is C17H17FN2O2. The van der Waals surface area contributed by atoms with E-state index in [1.807, 2.05) is 24.3 Å². The summed E-state index contributed by atoms with van der Waals surface area (Å²) in [6, 6.07) is 11.2. The molecule has 1 aliphatic rings. The third-order valence-corrected chi connectivity index (χ3v) is 3.92. The number of aliphatic hydroxyl groups excluding tert-OH is 1. The number of carbonyl (C=O) groups excluding carboxylic acids is 1. The Kier molecular flexibility index (Phi) is 3.81. The van der Waals surface area contributed by atoms with Gasteiger partial charge in [0.15, 0.2) is 0 Å². The number of rotatable bonds is 2. The van der Waals surface area contributed by atoms with Crippen LogP contribution < -0.4 is 10.6 Å². The minimum absolute atomic E-state index is 0.371. The summed E-state index contributed by atoms with van der Waals surface area (Å²) in [5, 5.41) is 15.4. The largest absolute Gasteiger partial charge is 0.390 e. The van der Waals surface area contributed by atoms with Crippen LogP contribution in [-0.2, 0) is 6.42 Å². The molecule has 2 atom stereocenters. The van der Waals surface area contributed by atoms with E-state index in [0.29, 0.717) is 17.7 Å². The number of aliphatic hydroxyl groups is 1. The Hall–Kier alpha value is -2.40. The van der Waals surface area contributed by atoms with Gasteiger partial charge in [-0.1, -0.05) is 30.3 Å². The fourth-order valence-corrected chi connectivity index (χ4v) is 2.73. The molecule has 4 nitrogen and oxygen atoms in total. The Morgan fingerprint density at radius 1 is 1.27 bits per heavy atom. The lowest BCUT2D eigenvalue weighted by Crippen LogP contribution is -2.36. The van der Waals surface area contributed by atoms with Crippen molar-refractivity contribution in [2.45, 2.75) is 25.5 Å². The highest BCUT2D eigenvalue weighted by atomic mass is 19.1. The van der Waals surface area contributed by atoms with Gasteiger partial charge in [-0.3, -0.25) is 0 Å². The average Bonchev–Trinajstić information content (AvgIpc) is 2.79. The van der Waals surface area contributed by atoms with Crippen molar-refractivity contribution in [3.8, 4) is 0 Å². The van der Waals surface area contributed by atoms with Crippen molar-refractivity contribution in [3.05, 3.63) is 65.0 Å². The lowest BCUT2D eigenvalue weighted by molar-refractivity contribution is 0.144. The number of benzene rings is 2. The van der Waals surface area contributed by atoms with Gasteiger partial charge in [0.25, 0.3) is 0 Å². The predicted octanol–water partition coefficient (Wildman–Crippen LogP) is 2.91. The maximum atomic E-state index is 13.5. The fourth-order valence-electron chi connectivity index (χ4n) is 2.73. The molecule has 3 N–H and O–H groups in total. The molecule has 0 aliphatic heterocycles. The van der Waals surface area contributed by atoms with Crippen LogP contribution in [0.4, 0.5) is 14.9 Å². The van der Waals surface area contributed by atoms with Crippen LogP contribution in [0.1, 0.15) is 22.7 Å². The molecule has 0 fully saturated rings. The minimum Gasteiger partial charge on any atom is -0.390 e. The first-order valence-electron chi connectivity index (χ1n) is 7.14. The second-order valence-electron chi connectivity index (χ2n) is 5.51. The monoisotopic (exact) mass is 300 g/mol. The molecule has 0 radical (unpaired) electrons. The third-order valence-electron chi connectivity index (χ3n) is 3.92. The first-order valence-corrected chi connectivity index (χ1v) is 7.14. The molecule has 3 rings (SSSR count). The highest BCUT2D eigenvalue weighted by Crippen LogP contribution is 2.31. The fraction of sp³-hybridized carbons (Fsp3) is 0.235. The quantitative estimate of drug-likeness (QED) is 0.798. The first kappa shape index (κ1) is 14.5. The van der Waals surface area contributed by atoms with Gasteiger partial charge in [-0.25, -0.2) is 9.18 Å². The topological polar surface area (TPSA) is 61.4 Å². The summed E-state index contributed by atoms with van der Waals surface area (Å²) < 4.78 is 13.5. The number of hydrogen-bond acceptors (Lipinski definition) is 2. The number of fused-ring (bicyclic) bond motifs is 1. The van der Waals surface area contributed by atoms with Crippen molar-refractivity contribution < 1.29 is 14.3 Å². The maximum Gasteiger partial charge on any atom is 0.319 e. The van der Waals surface area contributed by atoms with Crippen LogP contribution in [0.15, 0.2) is 42.5 Å². The smallest absolute Gasteiger partial charge is 0.319 e. The summed E-state index contributed by atoms with van der Waals surface area (Å²) in [5.74, 6) is -0.371. The summed E-state index contributed by atoms with van der Waals surface area (Å²) >= 11 is 0. The molecule has 0 saturated carbocycles. The molecule has 5 heteroatoms. The second-order valence-corrected chi connectivity index (χ2v) is 5.51. The van der Waals surface area contributed by atoms with Crippen molar-refractivity contribution >= 4 is 11.7 Å². The number of carbonyl (C=O) groups is 1. The Balaban J connectivity index is 1.70. The number of halogens is 1. The number of amides is 2. The van der Waals surface area contributed by atoms with Crippen LogP contribution >= 0.6 is 0 Å².